The first-order valence-corrected chi connectivity index (χ1v) is 6.82. The second-order valence-electron chi connectivity index (χ2n) is 4.21. The number of aryl methyl sites for hydroxylation is 1. The Balaban J connectivity index is 2.16. The molecule has 1 aliphatic rings. The van der Waals surface area contributed by atoms with Gasteiger partial charge in [-0.25, -0.2) is 4.98 Å². The molecule has 0 unspecified atom stereocenters. The molecule has 0 saturated heterocycles. The van der Waals surface area contributed by atoms with E-state index in [4.69, 9.17) is 12.2 Å². The van der Waals surface area contributed by atoms with E-state index >= 15 is 0 Å². The molecule has 0 spiro atoms. The molecule has 4 heteroatoms. The summed E-state index contributed by atoms with van der Waals surface area (Å²) in [4.78, 5) is 7.91. The molecule has 1 aromatic carbocycles. The van der Waals surface area contributed by atoms with E-state index in [1.165, 1.54) is 17.7 Å². The first-order chi connectivity index (χ1) is 8.24. The van der Waals surface area contributed by atoms with E-state index in [9.17, 15) is 0 Å². The molecule has 2 nitrogen and oxygen atoms in total. The number of H-pyrrole nitrogens is 1. The van der Waals surface area contributed by atoms with Crippen molar-refractivity contribution in [3.8, 4) is 11.4 Å². The Morgan fingerprint density at radius 1 is 1.29 bits per heavy atom. The second-order valence-corrected chi connectivity index (χ2v) is 5.51. The fraction of sp³-hybridized carbons (Fsp3) is 0.231. The van der Waals surface area contributed by atoms with Crippen LogP contribution in [0.3, 0.4) is 0 Å². The molecule has 0 fully saturated rings. The molecule has 1 heterocycles. The molecule has 1 N–H and O–H groups in total. The van der Waals surface area contributed by atoms with Crippen molar-refractivity contribution in [3.05, 3.63) is 44.6 Å². The van der Waals surface area contributed by atoms with E-state index in [0.717, 1.165) is 33.3 Å². The van der Waals surface area contributed by atoms with Gasteiger partial charge in [-0.05, 0) is 31.4 Å². The second kappa shape index (κ2) is 4.35. The number of fused-ring (bicyclic) bond motifs is 1. The lowest BCUT2D eigenvalue weighted by atomic mass is 10.2. The molecule has 0 aliphatic heterocycles. The molecule has 1 aliphatic carbocycles. The van der Waals surface area contributed by atoms with E-state index < -0.39 is 0 Å². The molecular weight excluding hydrogens is 296 g/mol. The monoisotopic (exact) mass is 306 g/mol. The van der Waals surface area contributed by atoms with E-state index in [1.54, 1.807) is 0 Å². The normalized spacial score (nSPS) is 13.7. The maximum atomic E-state index is 5.36. The molecular formula is C13H11BrN2S. The van der Waals surface area contributed by atoms with Crippen LogP contribution in [0, 0.1) is 4.64 Å². The quantitative estimate of drug-likeness (QED) is 0.805. The number of nitrogens with one attached hydrogen (secondary N) is 1. The summed E-state index contributed by atoms with van der Waals surface area (Å²) in [6.45, 7) is 0. The number of hydrogen-bond acceptors (Lipinski definition) is 2. The number of benzene rings is 1. The fourth-order valence-corrected chi connectivity index (χ4v) is 2.95. The molecule has 0 radical (unpaired) electrons. The summed E-state index contributed by atoms with van der Waals surface area (Å²) in [6.07, 6.45) is 3.33. The highest BCUT2D eigenvalue weighted by atomic mass is 79.9. The molecule has 3 rings (SSSR count). The zero-order chi connectivity index (χ0) is 11.8. The third-order valence-electron chi connectivity index (χ3n) is 3.06. The van der Waals surface area contributed by atoms with Gasteiger partial charge in [0.15, 0.2) is 0 Å². The van der Waals surface area contributed by atoms with Crippen molar-refractivity contribution < 1.29 is 0 Å². The minimum absolute atomic E-state index is 0.756. The number of nitrogens with zero attached hydrogens (tertiary/aromatic N) is 1. The van der Waals surface area contributed by atoms with Crippen LogP contribution < -0.4 is 0 Å². The van der Waals surface area contributed by atoms with Gasteiger partial charge < -0.3 is 4.98 Å². The highest BCUT2D eigenvalue weighted by molar-refractivity contribution is 9.10. The van der Waals surface area contributed by atoms with Crippen LogP contribution in [0.5, 0.6) is 0 Å². The number of aromatic nitrogens is 2. The number of aromatic amines is 1. The first kappa shape index (κ1) is 11.1. The lowest BCUT2D eigenvalue weighted by molar-refractivity contribution is 0.899. The third kappa shape index (κ3) is 2.07. The van der Waals surface area contributed by atoms with Crippen molar-refractivity contribution >= 4 is 28.1 Å². The lowest BCUT2D eigenvalue weighted by Crippen LogP contribution is -1.97. The predicted octanol–water partition coefficient (Wildman–Crippen LogP) is 4.06. The molecule has 0 bridgehead atoms. The highest BCUT2D eigenvalue weighted by Gasteiger charge is 2.15. The molecule has 0 atom stereocenters. The van der Waals surface area contributed by atoms with Crippen LogP contribution in [0.25, 0.3) is 11.4 Å². The molecule has 17 heavy (non-hydrogen) atoms. The smallest absolute Gasteiger partial charge is 0.139 e. The molecule has 2 aromatic rings. The molecule has 1 aromatic heterocycles. The van der Waals surface area contributed by atoms with Crippen LogP contribution in [-0.4, -0.2) is 9.97 Å². The molecule has 86 valence electrons. The van der Waals surface area contributed by atoms with E-state index in [2.05, 4.69) is 32.0 Å². The summed E-state index contributed by atoms with van der Waals surface area (Å²) < 4.78 is 1.81. The maximum absolute atomic E-state index is 5.36. The average Bonchev–Trinajstić information content (AvgIpc) is 2.77. The summed E-state index contributed by atoms with van der Waals surface area (Å²) in [5.74, 6) is 0.872. The van der Waals surface area contributed by atoms with Gasteiger partial charge in [0, 0.05) is 21.3 Å². The van der Waals surface area contributed by atoms with Gasteiger partial charge in [0.1, 0.15) is 10.5 Å². The van der Waals surface area contributed by atoms with Crippen LogP contribution in [0.1, 0.15) is 17.7 Å². The van der Waals surface area contributed by atoms with Crippen LogP contribution in [0.4, 0.5) is 0 Å². The third-order valence-corrected chi connectivity index (χ3v) is 3.89. The van der Waals surface area contributed by atoms with Gasteiger partial charge in [-0.15, -0.1) is 0 Å². The van der Waals surface area contributed by atoms with Gasteiger partial charge >= 0.3 is 0 Å². The van der Waals surface area contributed by atoms with Gasteiger partial charge in [0.25, 0.3) is 0 Å². The van der Waals surface area contributed by atoms with Crippen LogP contribution >= 0.6 is 28.1 Å². The van der Waals surface area contributed by atoms with Crippen LogP contribution in [-0.2, 0) is 12.8 Å². The Kier molecular flexibility index (Phi) is 2.84. The van der Waals surface area contributed by atoms with Gasteiger partial charge in [-0.3, -0.25) is 0 Å². The number of halogens is 1. The summed E-state index contributed by atoms with van der Waals surface area (Å²) in [6, 6.07) is 8.10. The van der Waals surface area contributed by atoms with E-state index in [1.807, 2.05) is 18.2 Å². The van der Waals surface area contributed by atoms with Crippen LogP contribution in [0.2, 0.25) is 0 Å². The Morgan fingerprint density at radius 2 is 2.18 bits per heavy atom. The minimum atomic E-state index is 0.756. The molecule has 0 saturated carbocycles. The lowest BCUT2D eigenvalue weighted by Gasteiger charge is -2.06. The van der Waals surface area contributed by atoms with Gasteiger partial charge in [-0.1, -0.05) is 40.3 Å². The predicted molar refractivity (Wildman–Crippen MR) is 74.6 cm³/mol. The largest absolute Gasteiger partial charge is 0.343 e. The standard InChI is InChI=1S/C13H11BrN2S/c14-9-4-1-3-8(7-9)12-15-11-6-2-5-10(11)13(17)16-12/h1,3-4,7H,2,5-6H2,(H,15,16,17). The van der Waals surface area contributed by atoms with Crippen molar-refractivity contribution in [2.45, 2.75) is 19.3 Å². The zero-order valence-electron chi connectivity index (χ0n) is 9.16. The highest BCUT2D eigenvalue weighted by Crippen LogP contribution is 2.25. The van der Waals surface area contributed by atoms with Gasteiger partial charge in [-0.2, -0.15) is 0 Å². The van der Waals surface area contributed by atoms with E-state index in [-0.39, 0.29) is 0 Å². The van der Waals surface area contributed by atoms with E-state index in [0.29, 0.717) is 0 Å². The fourth-order valence-electron chi connectivity index (χ4n) is 2.23. The van der Waals surface area contributed by atoms with Crippen molar-refractivity contribution in [2.24, 2.45) is 0 Å². The van der Waals surface area contributed by atoms with Crippen molar-refractivity contribution in [1.29, 1.82) is 0 Å². The van der Waals surface area contributed by atoms with Crippen molar-refractivity contribution in [2.75, 3.05) is 0 Å². The van der Waals surface area contributed by atoms with Gasteiger partial charge in [0.05, 0.1) is 0 Å². The Bertz CT molecular complexity index is 634. The average molecular weight is 307 g/mol. The summed E-state index contributed by atoms with van der Waals surface area (Å²) in [5, 5.41) is 0. The topological polar surface area (TPSA) is 28.7 Å². The maximum Gasteiger partial charge on any atom is 0.139 e. The summed E-state index contributed by atoms with van der Waals surface area (Å²) in [7, 11) is 0. The Labute approximate surface area is 113 Å². The summed E-state index contributed by atoms with van der Waals surface area (Å²) in [5.41, 5.74) is 3.57. The Hall–Kier alpha value is -1.00. The minimum Gasteiger partial charge on any atom is -0.343 e. The van der Waals surface area contributed by atoms with Gasteiger partial charge in [0.2, 0.25) is 0 Å². The van der Waals surface area contributed by atoms with Crippen LogP contribution in [0.15, 0.2) is 28.7 Å². The number of hydrogen-bond donors (Lipinski definition) is 1. The zero-order valence-corrected chi connectivity index (χ0v) is 11.6. The SMILES string of the molecule is S=c1nc(-c2cccc(Br)c2)[nH]c2c1CCC2. The summed E-state index contributed by atoms with van der Waals surface area (Å²) >= 11 is 8.83. The number of rotatable bonds is 1. The first-order valence-electron chi connectivity index (χ1n) is 5.62. The van der Waals surface area contributed by atoms with Crippen molar-refractivity contribution in [3.63, 3.8) is 0 Å². The Morgan fingerprint density at radius 3 is 3.00 bits per heavy atom. The molecule has 0 amide bonds. The van der Waals surface area contributed by atoms with Crippen molar-refractivity contribution in [1.82, 2.24) is 9.97 Å².